The van der Waals surface area contributed by atoms with Gasteiger partial charge in [0, 0.05) is 25.4 Å². The summed E-state index contributed by atoms with van der Waals surface area (Å²) in [7, 11) is 0. The molecule has 2 bridgehead atoms. The van der Waals surface area contributed by atoms with Crippen molar-refractivity contribution < 1.29 is 4.84 Å². The predicted octanol–water partition coefficient (Wildman–Crippen LogP) is 2.14. The van der Waals surface area contributed by atoms with Gasteiger partial charge in [-0.3, -0.25) is 4.84 Å². The Bertz CT molecular complexity index is 551. The van der Waals surface area contributed by atoms with Crippen LogP contribution in [0.15, 0.2) is 42.7 Å². The summed E-state index contributed by atoms with van der Waals surface area (Å²) < 4.78 is 2.21. The van der Waals surface area contributed by atoms with E-state index in [4.69, 9.17) is 4.84 Å². The molecule has 4 nitrogen and oxygen atoms in total. The Kier molecular flexibility index (Phi) is 2.25. The van der Waals surface area contributed by atoms with Crippen molar-refractivity contribution in [2.24, 2.45) is 0 Å². The summed E-state index contributed by atoms with van der Waals surface area (Å²) in [5.41, 5.74) is 1.28. The lowest BCUT2D eigenvalue weighted by atomic mass is 10.1. The molecule has 0 aliphatic carbocycles. The fourth-order valence-electron chi connectivity index (χ4n) is 2.92. The molecule has 0 saturated carbocycles. The van der Waals surface area contributed by atoms with E-state index in [-0.39, 0.29) is 0 Å². The summed E-state index contributed by atoms with van der Waals surface area (Å²) in [6.45, 7) is 1.76. The van der Waals surface area contributed by atoms with Gasteiger partial charge in [0.25, 0.3) is 0 Å². The Morgan fingerprint density at radius 1 is 1.28 bits per heavy atom. The zero-order valence-electron chi connectivity index (χ0n) is 10.1. The first-order valence-corrected chi connectivity index (χ1v) is 6.38. The molecule has 4 heteroatoms. The summed E-state index contributed by atoms with van der Waals surface area (Å²) in [4.78, 5) is 10.5. The van der Waals surface area contributed by atoms with Crippen LogP contribution in [-0.2, 0) is 17.9 Å². The van der Waals surface area contributed by atoms with Crippen LogP contribution in [0.1, 0.15) is 23.9 Å². The zero-order chi connectivity index (χ0) is 11.9. The van der Waals surface area contributed by atoms with Crippen molar-refractivity contribution in [3.8, 4) is 0 Å². The number of nitrogens with zero attached hydrogens (tertiary/aromatic N) is 3. The minimum Gasteiger partial charge on any atom is -0.331 e. The van der Waals surface area contributed by atoms with Gasteiger partial charge in [-0.15, -0.1) is 0 Å². The first kappa shape index (κ1) is 10.3. The Balaban J connectivity index is 1.61. The third kappa shape index (κ3) is 1.57. The molecule has 1 aromatic carbocycles. The Labute approximate surface area is 106 Å². The maximum absolute atomic E-state index is 6.00. The summed E-state index contributed by atoms with van der Waals surface area (Å²) in [6, 6.07) is 10.8. The third-order valence-corrected chi connectivity index (χ3v) is 3.75. The van der Waals surface area contributed by atoms with Crippen molar-refractivity contribution in [2.75, 3.05) is 0 Å². The van der Waals surface area contributed by atoms with E-state index < -0.39 is 0 Å². The Hall–Kier alpha value is -1.65. The maximum Gasteiger partial charge on any atom is 0.128 e. The normalized spacial score (nSPS) is 26.2. The van der Waals surface area contributed by atoms with E-state index in [1.54, 1.807) is 0 Å². The molecule has 1 saturated heterocycles. The van der Waals surface area contributed by atoms with Crippen LogP contribution in [0, 0.1) is 0 Å². The van der Waals surface area contributed by atoms with E-state index in [1.165, 1.54) is 5.56 Å². The van der Waals surface area contributed by atoms with Gasteiger partial charge in [-0.05, 0) is 5.56 Å². The van der Waals surface area contributed by atoms with Crippen molar-refractivity contribution >= 4 is 0 Å². The molecule has 2 aliphatic heterocycles. The summed E-state index contributed by atoms with van der Waals surface area (Å²) in [5, 5.41) is 2.09. The SMILES string of the molecule is c1ccc(CN2O[C@@H]3C[C@H]2c2nccn2C3)cc1. The molecule has 92 valence electrons. The molecule has 2 aromatic rings. The van der Waals surface area contributed by atoms with Crippen LogP contribution in [0.4, 0.5) is 0 Å². The van der Waals surface area contributed by atoms with Crippen LogP contribution in [0.5, 0.6) is 0 Å². The average Bonchev–Trinajstić information content (AvgIpc) is 2.98. The van der Waals surface area contributed by atoms with Crippen LogP contribution in [0.25, 0.3) is 0 Å². The highest BCUT2D eigenvalue weighted by atomic mass is 16.7. The molecule has 2 aliphatic rings. The smallest absolute Gasteiger partial charge is 0.128 e. The second-order valence-corrected chi connectivity index (χ2v) is 4.98. The van der Waals surface area contributed by atoms with Crippen molar-refractivity contribution in [1.29, 1.82) is 0 Å². The standard InChI is InChI=1S/C14H15N3O/c1-2-4-11(5-3-1)9-17-13-8-12(18-17)10-16-7-6-15-14(13)16/h1-7,12-13H,8-10H2/t12-,13+/m1/s1. The van der Waals surface area contributed by atoms with E-state index >= 15 is 0 Å². The lowest BCUT2D eigenvalue weighted by molar-refractivity contribution is -0.167. The molecule has 4 rings (SSSR count). The van der Waals surface area contributed by atoms with E-state index in [2.05, 4.69) is 38.9 Å². The lowest BCUT2D eigenvalue weighted by Crippen LogP contribution is -2.23. The second-order valence-electron chi connectivity index (χ2n) is 4.98. The van der Waals surface area contributed by atoms with Gasteiger partial charge < -0.3 is 4.57 Å². The van der Waals surface area contributed by atoms with Crippen molar-refractivity contribution in [2.45, 2.75) is 31.7 Å². The number of hydroxylamine groups is 2. The molecule has 0 radical (unpaired) electrons. The lowest BCUT2D eigenvalue weighted by Gasteiger charge is -2.21. The van der Waals surface area contributed by atoms with E-state index in [0.717, 1.165) is 25.3 Å². The van der Waals surface area contributed by atoms with Gasteiger partial charge >= 0.3 is 0 Å². The topological polar surface area (TPSA) is 30.3 Å². The largest absolute Gasteiger partial charge is 0.331 e. The number of aromatic nitrogens is 2. The van der Waals surface area contributed by atoms with Crippen molar-refractivity contribution in [3.63, 3.8) is 0 Å². The molecule has 0 amide bonds. The molecule has 18 heavy (non-hydrogen) atoms. The monoisotopic (exact) mass is 241 g/mol. The van der Waals surface area contributed by atoms with E-state index in [0.29, 0.717) is 12.1 Å². The van der Waals surface area contributed by atoms with Gasteiger partial charge in [0.2, 0.25) is 0 Å². The number of hydrogen-bond donors (Lipinski definition) is 0. The fraction of sp³-hybridized carbons (Fsp3) is 0.357. The number of benzene rings is 1. The average molecular weight is 241 g/mol. The molecule has 3 heterocycles. The van der Waals surface area contributed by atoms with E-state index in [9.17, 15) is 0 Å². The quantitative estimate of drug-likeness (QED) is 0.807. The number of fused-ring (bicyclic) bond motifs is 4. The Morgan fingerprint density at radius 3 is 3.06 bits per heavy atom. The van der Waals surface area contributed by atoms with Gasteiger partial charge in [-0.25, -0.2) is 4.98 Å². The van der Waals surface area contributed by atoms with Crippen LogP contribution in [-0.4, -0.2) is 20.7 Å². The highest BCUT2D eigenvalue weighted by molar-refractivity contribution is 5.15. The van der Waals surface area contributed by atoms with E-state index in [1.807, 2.05) is 18.5 Å². The van der Waals surface area contributed by atoms with Crippen molar-refractivity contribution in [3.05, 3.63) is 54.1 Å². The summed E-state index contributed by atoms with van der Waals surface area (Å²) in [5.74, 6) is 1.14. The molecule has 1 aromatic heterocycles. The second kappa shape index (κ2) is 3.93. The number of rotatable bonds is 2. The van der Waals surface area contributed by atoms with Crippen LogP contribution >= 0.6 is 0 Å². The minimum atomic E-state index is 0.305. The molecular formula is C14H15N3O. The van der Waals surface area contributed by atoms with Gasteiger partial charge in [-0.1, -0.05) is 30.3 Å². The minimum absolute atomic E-state index is 0.305. The molecule has 0 unspecified atom stereocenters. The van der Waals surface area contributed by atoms with Gasteiger partial charge in [0.05, 0.1) is 18.7 Å². The number of imidazole rings is 1. The summed E-state index contributed by atoms with van der Waals surface area (Å²) in [6.07, 6.45) is 5.30. The molecule has 0 spiro atoms. The zero-order valence-corrected chi connectivity index (χ0v) is 10.1. The number of hydrogen-bond acceptors (Lipinski definition) is 3. The highest BCUT2D eigenvalue weighted by Gasteiger charge is 2.40. The van der Waals surface area contributed by atoms with Crippen molar-refractivity contribution in [1.82, 2.24) is 14.6 Å². The highest BCUT2D eigenvalue weighted by Crippen LogP contribution is 2.38. The maximum atomic E-state index is 6.00. The Morgan fingerprint density at radius 2 is 2.17 bits per heavy atom. The molecule has 0 N–H and O–H groups in total. The molecular weight excluding hydrogens is 226 g/mol. The molecule has 2 atom stereocenters. The van der Waals surface area contributed by atoms with Crippen LogP contribution in [0.3, 0.4) is 0 Å². The first-order chi connectivity index (χ1) is 8.90. The fourth-order valence-corrected chi connectivity index (χ4v) is 2.92. The summed E-state index contributed by atoms with van der Waals surface area (Å²) >= 11 is 0. The van der Waals surface area contributed by atoms with Crippen LogP contribution in [0.2, 0.25) is 0 Å². The predicted molar refractivity (Wildman–Crippen MR) is 66.4 cm³/mol. The van der Waals surface area contributed by atoms with Gasteiger partial charge in [-0.2, -0.15) is 5.06 Å². The van der Waals surface area contributed by atoms with Gasteiger partial charge in [0.1, 0.15) is 5.82 Å². The third-order valence-electron chi connectivity index (χ3n) is 3.75. The van der Waals surface area contributed by atoms with Crippen LogP contribution < -0.4 is 0 Å². The van der Waals surface area contributed by atoms with Gasteiger partial charge in [0.15, 0.2) is 0 Å². The first-order valence-electron chi connectivity index (χ1n) is 6.38. The molecule has 1 fully saturated rings.